The zero-order valence-corrected chi connectivity index (χ0v) is 17.9. The first-order valence-corrected chi connectivity index (χ1v) is 10.3. The van der Waals surface area contributed by atoms with Crippen LogP contribution in [-0.4, -0.2) is 34.6 Å². The standard InChI is InChI=1S/C24H26FN5O3/c25-20-9-7-18(8-10-20)24(32)28-15-22(14-26)30(27)21(13-23(31)29-33)12-16-5-6-17-3-1-2-4-19(17)11-16/h1-11,14,21,33H,12-13,15,26-27H2,(H,28,32)(H,29,31)/b22-14-. The number of carbonyl (C=O) groups excluding carboxylic acids is 2. The van der Waals surface area contributed by atoms with Gasteiger partial charge in [0.2, 0.25) is 5.91 Å². The fraction of sp³-hybridized carbons (Fsp3) is 0.167. The van der Waals surface area contributed by atoms with Gasteiger partial charge in [0.15, 0.2) is 0 Å². The van der Waals surface area contributed by atoms with Crippen molar-refractivity contribution in [1.29, 1.82) is 0 Å². The Morgan fingerprint density at radius 1 is 1.06 bits per heavy atom. The van der Waals surface area contributed by atoms with Crippen LogP contribution in [0.15, 0.2) is 78.6 Å². The summed E-state index contributed by atoms with van der Waals surface area (Å²) in [6, 6.07) is 18.4. The van der Waals surface area contributed by atoms with Crippen LogP contribution < -0.4 is 22.4 Å². The Bertz CT molecular complexity index is 1150. The molecule has 3 aromatic rings. The van der Waals surface area contributed by atoms with Crippen molar-refractivity contribution in [3.63, 3.8) is 0 Å². The van der Waals surface area contributed by atoms with E-state index in [0.717, 1.165) is 16.3 Å². The molecule has 0 spiro atoms. The van der Waals surface area contributed by atoms with Crippen molar-refractivity contribution in [3.8, 4) is 0 Å². The maximum absolute atomic E-state index is 13.1. The van der Waals surface area contributed by atoms with Crippen LogP contribution in [-0.2, 0) is 11.2 Å². The summed E-state index contributed by atoms with van der Waals surface area (Å²) in [5, 5.41) is 15.1. The van der Waals surface area contributed by atoms with E-state index in [4.69, 9.17) is 16.8 Å². The summed E-state index contributed by atoms with van der Waals surface area (Å²) in [6.45, 7) is -0.0157. The first-order chi connectivity index (χ1) is 15.9. The molecule has 0 saturated carbocycles. The molecule has 172 valence electrons. The van der Waals surface area contributed by atoms with E-state index in [9.17, 15) is 14.0 Å². The van der Waals surface area contributed by atoms with Crippen LogP contribution in [0.5, 0.6) is 0 Å². The molecule has 0 aliphatic rings. The molecule has 3 aromatic carbocycles. The number of hydrogen-bond acceptors (Lipinski definition) is 6. The summed E-state index contributed by atoms with van der Waals surface area (Å²) < 4.78 is 13.1. The Morgan fingerprint density at radius 3 is 2.42 bits per heavy atom. The van der Waals surface area contributed by atoms with Gasteiger partial charge in [-0.15, -0.1) is 0 Å². The maximum Gasteiger partial charge on any atom is 0.251 e. The lowest BCUT2D eigenvalue weighted by molar-refractivity contribution is -0.130. The first-order valence-electron chi connectivity index (χ1n) is 10.3. The van der Waals surface area contributed by atoms with Crippen molar-refractivity contribution in [2.75, 3.05) is 6.54 Å². The minimum absolute atomic E-state index is 0.0157. The largest absolute Gasteiger partial charge is 0.403 e. The third-order valence-electron chi connectivity index (χ3n) is 5.28. The number of benzene rings is 3. The molecular formula is C24H26FN5O3. The molecule has 33 heavy (non-hydrogen) atoms. The van der Waals surface area contributed by atoms with Crippen LogP contribution >= 0.6 is 0 Å². The van der Waals surface area contributed by atoms with Gasteiger partial charge in [-0.25, -0.2) is 15.7 Å². The van der Waals surface area contributed by atoms with Crippen molar-refractivity contribution in [3.05, 3.63) is 95.6 Å². The number of nitrogens with two attached hydrogens (primary N) is 2. The predicted octanol–water partition coefficient (Wildman–Crippen LogP) is 2.19. The van der Waals surface area contributed by atoms with E-state index in [1.165, 1.54) is 35.5 Å². The molecule has 9 heteroatoms. The molecule has 0 saturated heterocycles. The summed E-state index contributed by atoms with van der Waals surface area (Å²) in [4.78, 5) is 24.3. The summed E-state index contributed by atoms with van der Waals surface area (Å²) in [5.41, 5.74) is 8.96. The zero-order chi connectivity index (χ0) is 23.8. The number of carbonyl (C=O) groups is 2. The Kier molecular flexibility index (Phi) is 7.96. The summed E-state index contributed by atoms with van der Waals surface area (Å²) in [5.74, 6) is 4.82. The number of hydroxylamine groups is 1. The molecule has 0 aromatic heterocycles. The lowest BCUT2D eigenvalue weighted by atomic mass is 9.99. The van der Waals surface area contributed by atoms with Gasteiger partial charge >= 0.3 is 0 Å². The fourth-order valence-electron chi connectivity index (χ4n) is 3.51. The van der Waals surface area contributed by atoms with Gasteiger partial charge in [-0.3, -0.25) is 14.8 Å². The van der Waals surface area contributed by atoms with E-state index < -0.39 is 23.7 Å². The normalized spacial score (nSPS) is 12.3. The first kappa shape index (κ1) is 23.7. The molecule has 1 unspecified atom stereocenters. The Balaban J connectivity index is 1.74. The molecule has 0 aliphatic carbocycles. The molecule has 2 amide bonds. The van der Waals surface area contributed by atoms with Crippen molar-refractivity contribution in [2.24, 2.45) is 11.6 Å². The Hall–Kier alpha value is -3.95. The average molecular weight is 452 g/mol. The Labute approximate surface area is 190 Å². The van der Waals surface area contributed by atoms with E-state index in [2.05, 4.69) is 5.32 Å². The highest BCUT2D eigenvalue weighted by Gasteiger charge is 2.22. The van der Waals surface area contributed by atoms with E-state index in [0.29, 0.717) is 12.1 Å². The molecule has 0 radical (unpaired) electrons. The minimum Gasteiger partial charge on any atom is -0.403 e. The van der Waals surface area contributed by atoms with Crippen LogP contribution in [0.1, 0.15) is 22.3 Å². The van der Waals surface area contributed by atoms with Gasteiger partial charge in [-0.1, -0.05) is 42.5 Å². The highest BCUT2D eigenvalue weighted by atomic mass is 19.1. The van der Waals surface area contributed by atoms with Crippen molar-refractivity contribution >= 4 is 22.6 Å². The third kappa shape index (κ3) is 6.28. The number of amides is 2. The van der Waals surface area contributed by atoms with Crippen LogP contribution in [0.2, 0.25) is 0 Å². The quantitative estimate of drug-likeness (QED) is 0.192. The molecule has 7 N–H and O–H groups in total. The van der Waals surface area contributed by atoms with Crippen molar-refractivity contribution < 1.29 is 19.2 Å². The SMILES string of the molecule is N/C=C(/CNC(=O)c1ccc(F)cc1)N(N)C(CC(=O)NO)Cc1ccc2ccccc2c1. The van der Waals surface area contributed by atoms with E-state index in [-0.39, 0.29) is 18.5 Å². The molecule has 3 rings (SSSR count). The second-order valence-corrected chi connectivity index (χ2v) is 7.53. The van der Waals surface area contributed by atoms with Crippen LogP contribution in [0.25, 0.3) is 10.8 Å². The van der Waals surface area contributed by atoms with Crippen LogP contribution in [0.4, 0.5) is 4.39 Å². The number of fused-ring (bicyclic) bond motifs is 1. The number of rotatable bonds is 9. The number of halogens is 1. The van der Waals surface area contributed by atoms with E-state index >= 15 is 0 Å². The van der Waals surface area contributed by atoms with Gasteiger partial charge in [0.1, 0.15) is 5.82 Å². The molecule has 0 aliphatic heterocycles. The average Bonchev–Trinajstić information content (AvgIpc) is 2.83. The van der Waals surface area contributed by atoms with Crippen molar-refractivity contribution in [2.45, 2.75) is 18.9 Å². The maximum atomic E-state index is 13.1. The summed E-state index contributed by atoms with van der Waals surface area (Å²) >= 11 is 0. The topological polar surface area (TPSA) is 134 Å². The predicted molar refractivity (Wildman–Crippen MR) is 123 cm³/mol. The number of hydrogen-bond donors (Lipinski definition) is 5. The highest BCUT2D eigenvalue weighted by molar-refractivity contribution is 5.94. The molecule has 0 bridgehead atoms. The second kappa shape index (κ2) is 11.1. The highest BCUT2D eigenvalue weighted by Crippen LogP contribution is 2.19. The van der Waals surface area contributed by atoms with Gasteiger partial charge in [0.25, 0.3) is 5.91 Å². The van der Waals surface area contributed by atoms with Gasteiger partial charge in [-0.05, 0) is 47.0 Å². The fourth-order valence-corrected chi connectivity index (χ4v) is 3.51. The van der Waals surface area contributed by atoms with Gasteiger partial charge < -0.3 is 16.1 Å². The van der Waals surface area contributed by atoms with Gasteiger partial charge in [0, 0.05) is 11.8 Å². The zero-order valence-electron chi connectivity index (χ0n) is 17.9. The number of nitrogens with zero attached hydrogens (tertiary/aromatic N) is 1. The Morgan fingerprint density at radius 2 is 1.76 bits per heavy atom. The van der Waals surface area contributed by atoms with E-state index in [1.807, 2.05) is 42.5 Å². The monoisotopic (exact) mass is 451 g/mol. The molecule has 8 nitrogen and oxygen atoms in total. The summed E-state index contributed by atoms with van der Waals surface area (Å²) in [7, 11) is 0. The van der Waals surface area contributed by atoms with Gasteiger partial charge in [0.05, 0.1) is 24.7 Å². The second-order valence-electron chi connectivity index (χ2n) is 7.53. The smallest absolute Gasteiger partial charge is 0.251 e. The third-order valence-corrected chi connectivity index (χ3v) is 5.28. The molecular weight excluding hydrogens is 425 g/mol. The lowest BCUT2D eigenvalue weighted by Crippen LogP contribution is -2.47. The van der Waals surface area contributed by atoms with E-state index in [1.54, 1.807) is 5.48 Å². The molecule has 0 fully saturated rings. The van der Waals surface area contributed by atoms with Crippen LogP contribution in [0, 0.1) is 5.82 Å². The number of hydrazine groups is 1. The van der Waals surface area contributed by atoms with Crippen molar-refractivity contribution in [1.82, 2.24) is 15.8 Å². The minimum atomic E-state index is -0.608. The lowest BCUT2D eigenvalue weighted by Gasteiger charge is -2.31. The molecule has 1 atom stereocenters. The van der Waals surface area contributed by atoms with Gasteiger partial charge in [-0.2, -0.15) is 0 Å². The number of nitrogens with one attached hydrogen (secondary N) is 2. The molecule has 0 heterocycles. The summed E-state index contributed by atoms with van der Waals surface area (Å²) in [6.07, 6.45) is 1.52. The van der Waals surface area contributed by atoms with Crippen LogP contribution in [0.3, 0.4) is 0 Å².